The normalized spacial score (nSPS) is 12.9. The molecule has 1 aromatic rings. The summed E-state index contributed by atoms with van der Waals surface area (Å²) >= 11 is 0. The van der Waals surface area contributed by atoms with Gasteiger partial charge in [0.2, 0.25) is 0 Å². The molecule has 0 radical (unpaired) electrons. The van der Waals surface area contributed by atoms with Crippen molar-refractivity contribution in [1.29, 1.82) is 0 Å². The van der Waals surface area contributed by atoms with E-state index in [9.17, 15) is 8.78 Å². The number of pyridine rings is 1. The van der Waals surface area contributed by atoms with Crippen LogP contribution in [0.2, 0.25) is 0 Å². The van der Waals surface area contributed by atoms with Crippen LogP contribution < -0.4 is 0 Å². The Hall–Kier alpha value is -0.990. The summed E-state index contributed by atoms with van der Waals surface area (Å²) in [5.41, 5.74) is -0.545. The molecular weight excluding hydrogens is 184 g/mol. The molecule has 0 aliphatic heterocycles. The molecule has 0 saturated heterocycles. The van der Waals surface area contributed by atoms with E-state index in [1.807, 2.05) is 0 Å². The first-order valence-electron chi connectivity index (χ1n) is 4.61. The van der Waals surface area contributed by atoms with Crippen LogP contribution in [0.3, 0.4) is 0 Å². The summed E-state index contributed by atoms with van der Waals surface area (Å²) < 4.78 is 27.2. The van der Waals surface area contributed by atoms with Gasteiger partial charge in [0, 0.05) is 12.6 Å². The molecule has 1 aromatic heterocycles. The summed E-state index contributed by atoms with van der Waals surface area (Å²) in [6.45, 7) is 5.39. The standard InChI is InChI=1S/C11H15F2N/c1-10(2,3)8-11(12,13)9-6-4-5-7-14-9/h4-7H,8H2,1-3H3. The van der Waals surface area contributed by atoms with E-state index >= 15 is 0 Å². The van der Waals surface area contributed by atoms with Gasteiger partial charge in [-0.1, -0.05) is 26.8 Å². The Morgan fingerprint density at radius 1 is 1.21 bits per heavy atom. The van der Waals surface area contributed by atoms with Crippen LogP contribution in [-0.2, 0) is 5.92 Å². The maximum atomic E-state index is 13.6. The van der Waals surface area contributed by atoms with Gasteiger partial charge < -0.3 is 0 Å². The number of rotatable bonds is 2. The highest BCUT2D eigenvalue weighted by Gasteiger charge is 2.37. The van der Waals surface area contributed by atoms with E-state index in [0.29, 0.717) is 0 Å². The van der Waals surface area contributed by atoms with E-state index in [2.05, 4.69) is 4.98 Å². The first kappa shape index (κ1) is 11.1. The third-order valence-corrected chi connectivity index (χ3v) is 1.79. The number of halogens is 2. The fourth-order valence-electron chi connectivity index (χ4n) is 1.34. The fraction of sp³-hybridized carbons (Fsp3) is 0.545. The lowest BCUT2D eigenvalue weighted by molar-refractivity contribution is -0.0456. The van der Waals surface area contributed by atoms with Gasteiger partial charge in [-0.2, -0.15) is 8.78 Å². The van der Waals surface area contributed by atoms with Crippen LogP contribution in [0.1, 0.15) is 32.9 Å². The largest absolute Gasteiger partial charge is 0.290 e. The number of hydrogen-bond donors (Lipinski definition) is 0. The third-order valence-electron chi connectivity index (χ3n) is 1.79. The zero-order valence-corrected chi connectivity index (χ0v) is 8.72. The molecule has 14 heavy (non-hydrogen) atoms. The zero-order chi connectivity index (χ0) is 10.8. The molecule has 0 atom stereocenters. The average molecular weight is 199 g/mol. The summed E-state index contributed by atoms with van der Waals surface area (Å²) in [5.74, 6) is -2.83. The van der Waals surface area contributed by atoms with Crippen molar-refractivity contribution >= 4 is 0 Å². The Bertz CT molecular complexity index is 288. The van der Waals surface area contributed by atoms with E-state index in [0.717, 1.165) is 0 Å². The first-order valence-corrected chi connectivity index (χ1v) is 4.61. The van der Waals surface area contributed by atoms with Gasteiger partial charge in [-0.15, -0.1) is 0 Å². The van der Waals surface area contributed by atoms with Crippen molar-refractivity contribution < 1.29 is 8.78 Å². The summed E-state index contributed by atoms with van der Waals surface area (Å²) in [7, 11) is 0. The third kappa shape index (κ3) is 3.05. The minimum absolute atomic E-state index is 0.144. The average Bonchev–Trinajstić information content (AvgIpc) is 2.01. The molecule has 78 valence electrons. The highest BCUT2D eigenvalue weighted by molar-refractivity contribution is 5.10. The molecule has 0 amide bonds. The lowest BCUT2D eigenvalue weighted by atomic mass is 9.87. The summed E-state index contributed by atoms with van der Waals surface area (Å²) in [6.07, 6.45) is 1.21. The van der Waals surface area contributed by atoms with Gasteiger partial charge in [-0.3, -0.25) is 4.98 Å². The highest BCUT2D eigenvalue weighted by atomic mass is 19.3. The van der Waals surface area contributed by atoms with Gasteiger partial charge in [-0.05, 0) is 17.5 Å². The molecule has 0 unspecified atom stereocenters. The molecule has 0 N–H and O–H groups in total. The van der Waals surface area contributed by atoms with E-state index in [-0.39, 0.29) is 12.1 Å². The maximum absolute atomic E-state index is 13.6. The topological polar surface area (TPSA) is 12.9 Å². The zero-order valence-electron chi connectivity index (χ0n) is 8.72. The molecule has 0 spiro atoms. The lowest BCUT2D eigenvalue weighted by Gasteiger charge is -2.25. The Morgan fingerprint density at radius 3 is 2.29 bits per heavy atom. The summed E-state index contributed by atoms with van der Waals surface area (Å²) in [6, 6.07) is 4.58. The van der Waals surface area contributed by atoms with Gasteiger partial charge in [0.25, 0.3) is 5.92 Å². The van der Waals surface area contributed by atoms with Crippen LogP contribution in [0.4, 0.5) is 8.78 Å². The van der Waals surface area contributed by atoms with E-state index < -0.39 is 11.3 Å². The fourth-order valence-corrected chi connectivity index (χ4v) is 1.34. The number of nitrogens with zero attached hydrogens (tertiary/aromatic N) is 1. The molecule has 0 bridgehead atoms. The molecule has 1 heterocycles. The quantitative estimate of drug-likeness (QED) is 0.709. The SMILES string of the molecule is CC(C)(C)CC(F)(F)c1ccccn1. The Labute approximate surface area is 83.2 Å². The minimum atomic E-state index is -2.83. The second-order valence-corrected chi connectivity index (χ2v) is 4.66. The molecule has 1 rings (SSSR count). The Morgan fingerprint density at radius 2 is 1.86 bits per heavy atom. The number of alkyl halides is 2. The van der Waals surface area contributed by atoms with Gasteiger partial charge in [-0.25, -0.2) is 0 Å². The highest BCUT2D eigenvalue weighted by Crippen LogP contribution is 2.38. The minimum Gasteiger partial charge on any atom is -0.255 e. The molecule has 3 heteroatoms. The van der Waals surface area contributed by atoms with Crippen LogP contribution in [0.15, 0.2) is 24.4 Å². The van der Waals surface area contributed by atoms with Crippen molar-refractivity contribution in [2.24, 2.45) is 5.41 Å². The van der Waals surface area contributed by atoms with E-state index in [1.54, 1.807) is 32.9 Å². The number of aromatic nitrogens is 1. The molecular formula is C11H15F2N. The van der Waals surface area contributed by atoms with Crippen LogP contribution in [0.25, 0.3) is 0 Å². The van der Waals surface area contributed by atoms with Crippen molar-refractivity contribution in [2.45, 2.75) is 33.1 Å². The first-order chi connectivity index (χ1) is 6.31. The monoisotopic (exact) mass is 199 g/mol. The second-order valence-electron chi connectivity index (χ2n) is 4.66. The summed E-state index contributed by atoms with van der Waals surface area (Å²) in [4.78, 5) is 3.68. The molecule has 0 aliphatic rings. The van der Waals surface area contributed by atoms with Gasteiger partial charge >= 0.3 is 0 Å². The Balaban J connectivity index is 2.86. The van der Waals surface area contributed by atoms with Crippen molar-refractivity contribution in [3.63, 3.8) is 0 Å². The van der Waals surface area contributed by atoms with Crippen LogP contribution >= 0.6 is 0 Å². The molecule has 1 nitrogen and oxygen atoms in total. The van der Waals surface area contributed by atoms with Crippen LogP contribution in [0.5, 0.6) is 0 Å². The predicted octanol–water partition coefficient (Wildman–Crippen LogP) is 3.61. The van der Waals surface area contributed by atoms with Gasteiger partial charge in [0.15, 0.2) is 0 Å². The second kappa shape index (κ2) is 3.64. The predicted molar refractivity (Wildman–Crippen MR) is 52.2 cm³/mol. The van der Waals surface area contributed by atoms with Crippen LogP contribution in [0, 0.1) is 5.41 Å². The maximum Gasteiger partial charge on any atom is 0.290 e. The van der Waals surface area contributed by atoms with Crippen molar-refractivity contribution in [1.82, 2.24) is 4.98 Å². The molecule has 0 fully saturated rings. The lowest BCUT2D eigenvalue weighted by Crippen LogP contribution is -2.23. The number of hydrogen-bond acceptors (Lipinski definition) is 1. The van der Waals surface area contributed by atoms with E-state index in [1.165, 1.54) is 12.3 Å². The molecule has 0 aromatic carbocycles. The van der Waals surface area contributed by atoms with Crippen molar-refractivity contribution in [3.05, 3.63) is 30.1 Å². The van der Waals surface area contributed by atoms with Crippen LogP contribution in [-0.4, -0.2) is 4.98 Å². The Kier molecular flexibility index (Phi) is 2.88. The summed E-state index contributed by atoms with van der Waals surface area (Å²) in [5, 5.41) is 0. The van der Waals surface area contributed by atoms with Crippen molar-refractivity contribution in [3.8, 4) is 0 Å². The molecule has 0 aliphatic carbocycles. The van der Waals surface area contributed by atoms with Gasteiger partial charge in [0.1, 0.15) is 5.69 Å². The van der Waals surface area contributed by atoms with E-state index in [4.69, 9.17) is 0 Å². The molecule has 0 saturated carbocycles. The smallest absolute Gasteiger partial charge is 0.255 e. The van der Waals surface area contributed by atoms with Gasteiger partial charge in [0.05, 0.1) is 0 Å². The van der Waals surface area contributed by atoms with Crippen molar-refractivity contribution in [2.75, 3.05) is 0 Å².